The van der Waals surface area contributed by atoms with E-state index < -0.39 is 0 Å². The Morgan fingerprint density at radius 1 is 0.967 bits per heavy atom. The predicted molar refractivity (Wildman–Crippen MR) is 123 cm³/mol. The van der Waals surface area contributed by atoms with Crippen molar-refractivity contribution < 1.29 is 4.79 Å². The van der Waals surface area contributed by atoms with Crippen LogP contribution in [-0.2, 0) is 11.3 Å². The summed E-state index contributed by atoms with van der Waals surface area (Å²) in [6.07, 6.45) is 0.597. The average Bonchev–Trinajstić information content (AvgIpc) is 2.74. The molecular weight excluding hydrogens is 427 g/mol. The van der Waals surface area contributed by atoms with Crippen LogP contribution in [0.2, 0.25) is 0 Å². The Bertz CT molecular complexity index is 879. The molecule has 10 heteroatoms. The van der Waals surface area contributed by atoms with Gasteiger partial charge in [0.25, 0.3) is 5.56 Å². The van der Waals surface area contributed by atoms with Crippen LogP contribution in [0.1, 0.15) is 12.2 Å². The lowest BCUT2D eigenvalue weighted by Gasteiger charge is -2.35. The van der Waals surface area contributed by atoms with Gasteiger partial charge in [0, 0.05) is 65.3 Å². The first-order chi connectivity index (χ1) is 13.7. The van der Waals surface area contributed by atoms with Crippen molar-refractivity contribution in [1.82, 2.24) is 30.0 Å². The number of carbonyl (C=O) groups excluding carboxylic acids is 1. The van der Waals surface area contributed by atoms with E-state index in [9.17, 15) is 9.59 Å². The quantitative estimate of drug-likeness (QED) is 0.688. The van der Waals surface area contributed by atoms with Crippen LogP contribution in [-0.4, -0.2) is 89.5 Å². The number of carbonyl (C=O) groups is 1. The van der Waals surface area contributed by atoms with E-state index >= 15 is 0 Å². The number of hydrogen-bond acceptors (Lipinski definition) is 6. The van der Waals surface area contributed by atoms with Gasteiger partial charge in [-0.15, -0.1) is 24.8 Å². The number of hydrogen-bond donors (Lipinski definition) is 2. The summed E-state index contributed by atoms with van der Waals surface area (Å²) in [7, 11) is 0. The van der Waals surface area contributed by atoms with E-state index in [0.717, 1.165) is 64.4 Å². The van der Waals surface area contributed by atoms with Crippen molar-refractivity contribution in [3.05, 3.63) is 40.4 Å². The summed E-state index contributed by atoms with van der Waals surface area (Å²) in [6.45, 7) is 8.61. The van der Waals surface area contributed by atoms with Gasteiger partial charge in [0.2, 0.25) is 5.91 Å². The molecule has 0 spiro atoms. The summed E-state index contributed by atoms with van der Waals surface area (Å²) in [4.78, 5) is 38.6. The highest BCUT2D eigenvalue weighted by Gasteiger charge is 2.21. The van der Waals surface area contributed by atoms with Gasteiger partial charge in [-0.3, -0.25) is 14.5 Å². The molecule has 0 atom stereocenters. The van der Waals surface area contributed by atoms with Gasteiger partial charge in [-0.05, 0) is 12.1 Å². The third-order valence-corrected chi connectivity index (χ3v) is 5.61. The SMILES string of the molecule is Cl.Cl.O=C(CCN1CCN(Cc2nc3ccccc3c(=O)[nH]2)CC1)N1CCNCC1. The van der Waals surface area contributed by atoms with Crippen molar-refractivity contribution in [2.45, 2.75) is 13.0 Å². The Kier molecular flexibility index (Phi) is 9.51. The monoisotopic (exact) mass is 456 g/mol. The van der Waals surface area contributed by atoms with Crippen LogP contribution >= 0.6 is 24.8 Å². The molecule has 0 saturated carbocycles. The highest BCUT2D eigenvalue weighted by molar-refractivity contribution is 5.85. The fraction of sp³-hybridized carbons (Fsp3) is 0.550. The molecule has 8 nitrogen and oxygen atoms in total. The standard InChI is InChI=1S/C20H28N6O2.2ClH/c27-19(26-9-6-21-7-10-26)5-8-24-11-13-25(14-12-24)15-18-22-17-4-2-1-3-16(17)20(28)23-18;;/h1-4,21H,5-15H2,(H,22,23,28);2*1H. The van der Waals surface area contributed by atoms with E-state index in [4.69, 9.17) is 0 Å². The lowest BCUT2D eigenvalue weighted by molar-refractivity contribution is -0.132. The topological polar surface area (TPSA) is 84.6 Å². The maximum atomic E-state index is 12.3. The number of fused-ring (bicyclic) bond motifs is 1. The molecule has 2 aliphatic heterocycles. The zero-order chi connectivity index (χ0) is 19.3. The first kappa shape index (κ1) is 24.6. The molecule has 3 heterocycles. The molecule has 2 aliphatic rings. The molecule has 0 aliphatic carbocycles. The number of halogens is 2. The first-order valence-electron chi connectivity index (χ1n) is 10.1. The van der Waals surface area contributed by atoms with Crippen LogP contribution in [0.4, 0.5) is 0 Å². The molecule has 2 N–H and O–H groups in total. The second-order valence-corrected chi connectivity index (χ2v) is 7.53. The maximum absolute atomic E-state index is 12.3. The molecule has 30 heavy (non-hydrogen) atoms. The van der Waals surface area contributed by atoms with Crippen molar-refractivity contribution in [2.75, 3.05) is 58.9 Å². The molecule has 2 saturated heterocycles. The number of nitrogens with zero attached hydrogens (tertiary/aromatic N) is 4. The number of aromatic nitrogens is 2. The number of benzene rings is 1. The number of nitrogens with one attached hydrogen (secondary N) is 2. The minimum absolute atomic E-state index is 0. The molecule has 2 fully saturated rings. The first-order valence-corrected chi connectivity index (χ1v) is 10.1. The van der Waals surface area contributed by atoms with Crippen molar-refractivity contribution >= 4 is 41.6 Å². The molecule has 166 valence electrons. The van der Waals surface area contributed by atoms with E-state index in [2.05, 4.69) is 25.1 Å². The van der Waals surface area contributed by atoms with Gasteiger partial charge < -0.3 is 20.1 Å². The van der Waals surface area contributed by atoms with Crippen LogP contribution in [0.15, 0.2) is 29.1 Å². The van der Waals surface area contributed by atoms with E-state index in [-0.39, 0.29) is 36.3 Å². The molecule has 1 aromatic heterocycles. The van der Waals surface area contributed by atoms with Crippen molar-refractivity contribution in [2.24, 2.45) is 0 Å². The fourth-order valence-electron chi connectivity index (χ4n) is 3.92. The Labute approximate surface area is 188 Å². The van der Waals surface area contributed by atoms with E-state index in [1.807, 2.05) is 23.1 Å². The largest absolute Gasteiger partial charge is 0.340 e. The van der Waals surface area contributed by atoms with E-state index in [0.29, 0.717) is 24.2 Å². The summed E-state index contributed by atoms with van der Waals surface area (Å²) in [5.41, 5.74) is 0.664. The van der Waals surface area contributed by atoms with Crippen LogP contribution in [0.5, 0.6) is 0 Å². The molecule has 1 aromatic carbocycles. The average molecular weight is 457 g/mol. The van der Waals surface area contributed by atoms with Crippen LogP contribution in [0.3, 0.4) is 0 Å². The highest BCUT2D eigenvalue weighted by atomic mass is 35.5. The molecule has 1 amide bonds. The Morgan fingerprint density at radius 3 is 2.37 bits per heavy atom. The molecule has 2 aromatic rings. The number of amides is 1. The summed E-state index contributed by atoms with van der Waals surface area (Å²) >= 11 is 0. The summed E-state index contributed by atoms with van der Waals surface area (Å²) < 4.78 is 0. The fourth-order valence-corrected chi connectivity index (χ4v) is 3.92. The minimum atomic E-state index is -0.0781. The molecule has 0 radical (unpaired) electrons. The normalized spacial score (nSPS) is 17.9. The smallest absolute Gasteiger partial charge is 0.258 e. The van der Waals surface area contributed by atoms with E-state index in [1.165, 1.54) is 0 Å². The molecule has 4 rings (SSSR count). The van der Waals surface area contributed by atoms with Crippen molar-refractivity contribution in [1.29, 1.82) is 0 Å². The third kappa shape index (κ3) is 6.15. The summed E-state index contributed by atoms with van der Waals surface area (Å²) in [6, 6.07) is 7.43. The lowest BCUT2D eigenvalue weighted by Crippen LogP contribution is -2.49. The molecular formula is C20H30Cl2N6O2. The number of aromatic amines is 1. The van der Waals surface area contributed by atoms with Crippen LogP contribution in [0.25, 0.3) is 10.9 Å². The zero-order valence-electron chi connectivity index (χ0n) is 17.0. The minimum Gasteiger partial charge on any atom is -0.340 e. The Balaban J connectivity index is 0.00000160. The van der Waals surface area contributed by atoms with Gasteiger partial charge in [-0.2, -0.15) is 0 Å². The zero-order valence-corrected chi connectivity index (χ0v) is 18.6. The lowest BCUT2D eigenvalue weighted by atomic mass is 10.2. The Hall–Kier alpha value is -1.71. The van der Waals surface area contributed by atoms with Gasteiger partial charge in [0.1, 0.15) is 5.82 Å². The van der Waals surface area contributed by atoms with Crippen LogP contribution < -0.4 is 10.9 Å². The number of H-pyrrole nitrogens is 1. The van der Waals surface area contributed by atoms with Crippen LogP contribution in [0, 0.1) is 0 Å². The number of piperazine rings is 2. The number of rotatable bonds is 5. The van der Waals surface area contributed by atoms with Gasteiger partial charge in [-0.25, -0.2) is 4.98 Å². The van der Waals surface area contributed by atoms with Gasteiger partial charge >= 0.3 is 0 Å². The van der Waals surface area contributed by atoms with Crippen molar-refractivity contribution in [3.63, 3.8) is 0 Å². The number of para-hydroxylation sites is 1. The molecule has 0 unspecified atom stereocenters. The summed E-state index contributed by atoms with van der Waals surface area (Å²) in [5.74, 6) is 0.980. The van der Waals surface area contributed by atoms with E-state index in [1.54, 1.807) is 6.07 Å². The predicted octanol–water partition coefficient (Wildman–Crippen LogP) is 0.706. The second kappa shape index (κ2) is 11.6. The van der Waals surface area contributed by atoms with Gasteiger partial charge in [0.15, 0.2) is 0 Å². The Morgan fingerprint density at radius 2 is 1.63 bits per heavy atom. The van der Waals surface area contributed by atoms with Crippen molar-refractivity contribution in [3.8, 4) is 0 Å². The third-order valence-electron chi connectivity index (χ3n) is 5.61. The maximum Gasteiger partial charge on any atom is 0.258 e. The van der Waals surface area contributed by atoms with Gasteiger partial charge in [-0.1, -0.05) is 12.1 Å². The molecule has 0 bridgehead atoms. The highest BCUT2D eigenvalue weighted by Crippen LogP contribution is 2.10. The second-order valence-electron chi connectivity index (χ2n) is 7.53. The summed E-state index contributed by atoms with van der Waals surface area (Å²) in [5, 5.41) is 3.91. The van der Waals surface area contributed by atoms with Gasteiger partial charge in [0.05, 0.1) is 17.4 Å².